The third-order valence-corrected chi connectivity index (χ3v) is 3.18. The van der Waals surface area contributed by atoms with Crippen molar-refractivity contribution in [1.82, 2.24) is 15.0 Å². The van der Waals surface area contributed by atoms with E-state index in [9.17, 15) is 0 Å². The van der Waals surface area contributed by atoms with Crippen LogP contribution in [0.5, 0.6) is 0 Å². The van der Waals surface area contributed by atoms with Gasteiger partial charge in [0.15, 0.2) is 0 Å². The molecule has 18 heavy (non-hydrogen) atoms. The van der Waals surface area contributed by atoms with Gasteiger partial charge in [0, 0.05) is 24.4 Å². The SMILES string of the molecule is C/C=C1\C=NCc2ccccc2-c2nnn(C)c21. The van der Waals surface area contributed by atoms with Crippen LogP contribution < -0.4 is 0 Å². The Bertz CT molecular complexity index is 650. The predicted molar refractivity (Wildman–Crippen MR) is 72.3 cm³/mol. The van der Waals surface area contributed by atoms with Crippen LogP contribution in [0.1, 0.15) is 18.2 Å². The molecular weight excluding hydrogens is 224 g/mol. The van der Waals surface area contributed by atoms with Gasteiger partial charge in [0.25, 0.3) is 0 Å². The van der Waals surface area contributed by atoms with E-state index in [1.165, 1.54) is 5.56 Å². The Morgan fingerprint density at radius 3 is 2.94 bits per heavy atom. The zero-order valence-electron chi connectivity index (χ0n) is 10.5. The number of fused-ring (bicyclic) bond motifs is 3. The van der Waals surface area contributed by atoms with E-state index in [0.29, 0.717) is 6.54 Å². The van der Waals surface area contributed by atoms with Gasteiger partial charge in [-0.15, -0.1) is 5.10 Å². The summed E-state index contributed by atoms with van der Waals surface area (Å²) in [7, 11) is 1.91. The molecule has 2 aromatic rings. The molecule has 2 heterocycles. The third kappa shape index (κ3) is 1.57. The van der Waals surface area contributed by atoms with E-state index in [1.807, 2.05) is 38.4 Å². The van der Waals surface area contributed by atoms with Gasteiger partial charge in [-0.05, 0) is 12.5 Å². The summed E-state index contributed by atoms with van der Waals surface area (Å²) in [6.07, 6.45) is 3.94. The Morgan fingerprint density at radius 1 is 1.28 bits per heavy atom. The first-order valence-electron chi connectivity index (χ1n) is 5.95. The van der Waals surface area contributed by atoms with Crippen LogP contribution >= 0.6 is 0 Å². The van der Waals surface area contributed by atoms with E-state index >= 15 is 0 Å². The van der Waals surface area contributed by atoms with Gasteiger partial charge in [-0.25, -0.2) is 4.68 Å². The van der Waals surface area contributed by atoms with Crippen molar-refractivity contribution in [3.8, 4) is 11.3 Å². The quantitative estimate of drug-likeness (QED) is 0.707. The van der Waals surface area contributed by atoms with Gasteiger partial charge in [0.2, 0.25) is 0 Å². The molecule has 1 aromatic carbocycles. The number of allylic oxidation sites excluding steroid dienone is 2. The molecule has 0 aliphatic carbocycles. The van der Waals surface area contributed by atoms with Crippen LogP contribution in [-0.2, 0) is 13.6 Å². The van der Waals surface area contributed by atoms with E-state index in [1.54, 1.807) is 4.68 Å². The number of rotatable bonds is 0. The first kappa shape index (κ1) is 10.9. The molecule has 0 saturated carbocycles. The summed E-state index contributed by atoms with van der Waals surface area (Å²) in [5, 5.41) is 8.45. The van der Waals surface area contributed by atoms with Crippen molar-refractivity contribution in [2.45, 2.75) is 13.5 Å². The minimum Gasteiger partial charge on any atom is -0.288 e. The van der Waals surface area contributed by atoms with Crippen molar-refractivity contribution in [2.24, 2.45) is 12.0 Å². The highest BCUT2D eigenvalue weighted by Gasteiger charge is 2.19. The summed E-state index contributed by atoms with van der Waals surface area (Å²) in [6.45, 7) is 2.69. The molecule has 0 spiro atoms. The van der Waals surface area contributed by atoms with Gasteiger partial charge in [0.05, 0.1) is 12.2 Å². The van der Waals surface area contributed by atoms with E-state index < -0.39 is 0 Å². The largest absolute Gasteiger partial charge is 0.288 e. The lowest BCUT2D eigenvalue weighted by molar-refractivity contribution is 0.708. The lowest BCUT2D eigenvalue weighted by Crippen LogP contribution is -2.02. The molecule has 0 atom stereocenters. The molecule has 0 radical (unpaired) electrons. The summed E-state index contributed by atoms with van der Waals surface area (Å²) >= 11 is 0. The molecule has 4 heteroatoms. The average Bonchev–Trinajstić information content (AvgIpc) is 2.74. The van der Waals surface area contributed by atoms with E-state index in [4.69, 9.17) is 0 Å². The molecule has 0 amide bonds. The zero-order valence-corrected chi connectivity index (χ0v) is 10.5. The van der Waals surface area contributed by atoms with Crippen molar-refractivity contribution in [3.05, 3.63) is 41.6 Å². The molecule has 4 nitrogen and oxygen atoms in total. The highest BCUT2D eigenvalue weighted by molar-refractivity contribution is 6.11. The van der Waals surface area contributed by atoms with Gasteiger partial charge in [-0.1, -0.05) is 35.6 Å². The van der Waals surface area contributed by atoms with Crippen LogP contribution in [-0.4, -0.2) is 21.2 Å². The monoisotopic (exact) mass is 238 g/mol. The standard InChI is InChI=1S/C14H14N4/c1-3-10-8-15-9-11-6-4-5-7-12(11)13-14(10)18(2)17-16-13/h3-8H,9H2,1-2H3/b10-3+,15-8?. The van der Waals surface area contributed by atoms with Crippen molar-refractivity contribution < 1.29 is 0 Å². The molecule has 1 aromatic heterocycles. The third-order valence-electron chi connectivity index (χ3n) is 3.18. The Hall–Kier alpha value is -2.23. The van der Waals surface area contributed by atoms with Crippen molar-refractivity contribution >= 4 is 11.8 Å². The molecule has 1 aliphatic rings. The second-order valence-corrected chi connectivity index (χ2v) is 4.28. The average molecular weight is 238 g/mol. The van der Waals surface area contributed by atoms with Gasteiger partial charge in [0.1, 0.15) is 5.69 Å². The summed E-state index contributed by atoms with van der Waals surface area (Å²) in [6, 6.07) is 8.23. The number of aliphatic imine (C=N–C) groups is 1. The molecule has 0 bridgehead atoms. The van der Waals surface area contributed by atoms with E-state index in [2.05, 4.69) is 27.4 Å². The smallest absolute Gasteiger partial charge is 0.121 e. The van der Waals surface area contributed by atoms with Crippen molar-refractivity contribution in [2.75, 3.05) is 0 Å². The molecular formula is C14H14N4. The van der Waals surface area contributed by atoms with Gasteiger partial charge in [-0.3, -0.25) is 4.99 Å². The van der Waals surface area contributed by atoms with E-state index in [0.717, 1.165) is 22.5 Å². The Kier molecular flexibility index (Phi) is 2.55. The molecule has 0 N–H and O–H groups in total. The van der Waals surface area contributed by atoms with Crippen LogP contribution in [0.15, 0.2) is 35.3 Å². The van der Waals surface area contributed by atoms with Crippen LogP contribution in [0, 0.1) is 0 Å². The summed E-state index contributed by atoms with van der Waals surface area (Å²) in [4.78, 5) is 4.48. The fourth-order valence-corrected chi connectivity index (χ4v) is 2.27. The normalized spacial score (nSPS) is 16.0. The topological polar surface area (TPSA) is 43.1 Å². The second-order valence-electron chi connectivity index (χ2n) is 4.28. The first-order chi connectivity index (χ1) is 8.81. The molecule has 0 fully saturated rings. The number of aryl methyl sites for hydroxylation is 1. The molecule has 90 valence electrons. The van der Waals surface area contributed by atoms with Gasteiger partial charge in [-0.2, -0.15) is 0 Å². The highest BCUT2D eigenvalue weighted by atomic mass is 15.4. The predicted octanol–water partition coefficient (Wildman–Crippen LogP) is 2.47. The number of hydrogen-bond acceptors (Lipinski definition) is 3. The Balaban J connectivity index is 2.34. The fraction of sp³-hybridized carbons (Fsp3) is 0.214. The number of nitrogens with zero attached hydrogens (tertiary/aromatic N) is 4. The van der Waals surface area contributed by atoms with E-state index in [-0.39, 0.29) is 0 Å². The lowest BCUT2D eigenvalue weighted by Gasteiger charge is -2.11. The maximum atomic E-state index is 4.48. The second kappa shape index (κ2) is 4.22. The minimum atomic E-state index is 0.684. The molecule has 1 aliphatic heterocycles. The Morgan fingerprint density at radius 2 is 2.11 bits per heavy atom. The molecule has 0 unspecified atom stereocenters. The van der Waals surface area contributed by atoms with Crippen molar-refractivity contribution in [3.63, 3.8) is 0 Å². The minimum absolute atomic E-state index is 0.684. The fourth-order valence-electron chi connectivity index (χ4n) is 2.27. The summed E-state index contributed by atoms with van der Waals surface area (Å²) in [5.74, 6) is 0. The maximum Gasteiger partial charge on any atom is 0.121 e. The number of aromatic nitrogens is 3. The summed E-state index contributed by atoms with van der Waals surface area (Å²) in [5.41, 5.74) is 5.33. The molecule has 3 rings (SSSR count). The van der Waals surface area contributed by atoms with Crippen LogP contribution in [0.3, 0.4) is 0 Å². The Labute approximate surface area is 106 Å². The van der Waals surface area contributed by atoms with Crippen LogP contribution in [0.2, 0.25) is 0 Å². The van der Waals surface area contributed by atoms with Crippen molar-refractivity contribution in [1.29, 1.82) is 0 Å². The number of hydrogen-bond donors (Lipinski definition) is 0. The molecule has 0 saturated heterocycles. The number of benzene rings is 1. The van der Waals surface area contributed by atoms with Crippen LogP contribution in [0.25, 0.3) is 16.8 Å². The maximum absolute atomic E-state index is 4.48. The van der Waals surface area contributed by atoms with Crippen LogP contribution in [0.4, 0.5) is 0 Å². The highest BCUT2D eigenvalue weighted by Crippen LogP contribution is 2.30. The first-order valence-corrected chi connectivity index (χ1v) is 5.95. The van der Waals surface area contributed by atoms with Gasteiger partial charge < -0.3 is 0 Å². The summed E-state index contributed by atoms with van der Waals surface area (Å²) < 4.78 is 1.80. The zero-order chi connectivity index (χ0) is 12.5. The van der Waals surface area contributed by atoms with Gasteiger partial charge >= 0.3 is 0 Å². The lowest BCUT2D eigenvalue weighted by atomic mass is 9.99.